The molecule has 0 saturated carbocycles. The minimum atomic E-state index is 0. The highest BCUT2D eigenvalue weighted by molar-refractivity contribution is 14.0. The molecular weight excluding hydrogens is 469 g/mol. The number of aliphatic imine (C=N–C) groups is 1. The first-order valence-electron chi connectivity index (χ1n) is 9.12. The van der Waals surface area contributed by atoms with Gasteiger partial charge in [0.05, 0.1) is 20.8 Å². The average Bonchev–Trinajstić information content (AvgIpc) is 2.73. The fraction of sp³-hybridized carbons (Fsp3) is 0.381. The first kappa shape index (κ1) is 22.1. The lowest BCUT2D eigenvalue weighted by atomic mass is 9.99. The summed E-state index contributed by atoms with van der Waals surface area (Å²) in [5.74, 6) is 3.30. The van der Waals surface area contributed by atoms with Crippen molar-refractivity contribution in [2.24, 2.45) is 4.99 Å². The van der Waals surface area contributed by atoms with Crippen molar-refractivity contribution >= 4 is 29.9 Å². The van der Waals surface area contributed by atoms with E-state index in [2.05, 4.69) is 27.3 Å². The summed E-state index contributed by atoms with van der Waals surface area (Å²) in [6.07, 6.45) is 0.941. The Hall–Kier alpha value is -2.16. The molecule has 2 aromatic rings. The summed E-state index contributed by atoms with van der Waals surface area (Å²) in [5.41, 5.74) is 2.54. The highest BCUT2D eigenvalue weighted by Crippen LogP contribution is 2.33. The number of nitrogens with zero attached hydrogens (tertiary/aromatic N) is 2. The topological polar surface area (TPSA) is 55.3 Å². The summed E-state index contributed by atoms with van der Waals surface area (Å²) in [7, 11) is 5.14. The number of hydrogen-bond acceptors (Lipinski definition) is 4. The zero-order valence-corrected chi connectivity index (χ0v) is 18.9. The van der Waals surface area contributed by atoms with E-state index >= 15 is 0 Å². The summed E-state index contributed by atoms with van der Waals surface area (Å²) in [5, 5.41) is 3.39. The molecule has 0 spiro atoms. The number of guanidine groups is 1. The maximum atomic E-state index is 5.73. The van der Waals surface area contributed by atoms with E-state index in [-0.39, 0.29) is 24.0 Å². The molecule has 0 atom stereocenters. The van der Waals surface area contributed by atoms with Crippen LogP contribution in [0.25, 0.3) is 0 Å². The first-order valence-corrected chi connectivity index (χ1v) is 9.12. The van der Waals surface area contributed by atoms with Gasteiger partial charge in [-0.05, 0) is 41.8 Å². The molecule has 2 aromatic carbocycles. The highest BCUT2D eigenvalue weighted by atomic mass is 127. The molecule has 0 aliphatic carbocycles. The molecule has 0 radical (unpaired) electrons. The zero-order valence-electron chi connectivity index (χ0n) is 16.6. The van der Waals surface area contributed by atoms with Crippen LogP contribution >= 0.6 is 24.0 Å². The standard InChI is InChI=1S/C21H27N3O3.HI/c1-22-21(23-10-12-27-18-7-5-4-6-8-18)24-11-9-16-13-19(25-2)20(26-3)14-17(16)15-24;/h4-8,13-14H,9-12,15H2,1-3H3,(H,22,23);1H. The summed E-state index contributed by atoms with van der Waals surface area (Å²) < 4.78 is 16.6. The third-order valence-electron chi connectivity index (χ3n) is 4.63. The summed E-state index contributed by atoms with van der Waals surface area (Å²) >= 11 is 0. The number of halogens is 1. The Labute approximate surface area is 183 Å². The molecule has 6 nitrogen and oxygen atoms in total. The number of para-hydroxylation sites is 1. The van der Waals surface area contributed by atoms with Gasteiger partial charge in [0.15, 0.2) is 17.5 Å². The van der Waals surface area contributed by atoms with Crippen molar-refractivity contribution < 1.29 is 14.2 Å². The number of rotatable bonds is 6. The van der Waals surface area contributed by atoms with Gasteiger partial charge in [-0.1, -0.05) is 18.2 Å². The fourth-order valence-electron chi connectivity index (χ4n) is 3.24. The third-order valence-corrected chi connectivity index (χ3v) is 4.63. The fourth-order valence-corrected chi connectivity index (χ4v) is 3.24. The second-order valence-corrected chi connectivity index (χ2v) is 6.28. The second-order valence-electron chi connectivity index (χ2n) is 6.28. The molecule has 28 heavy (non-hydrogen) atoms. The quantitative estimate of drug-likeness (QED) is 0.287. The molecule has 0 amide bonds. The van der Waals surface area contributed by atoms with Gasteiger partial charge in [-0.15, -0.1) is 24.0 Å². The van der Waals surface area contributed by atoms with Crippen LogP contribution in [0.3, 0.4) is 0 Å². The molecule has 0 aromatic heterocycles. The second kappa shape index (κ2) is 11.0. The number of nitrogens with one attached hydrogen (secondary N) is 1. The smallest absolute Gasteiger partial charge is 0.194 e. The number of benzene rings is 2. The van der Waals surface area contributed by atoms with Crippen molar-refractivity contribution in [2.75, 3.05) is 41.0 Å². The van der Waals surface area contributed by atoms with E-state index in [0.29, 0.717) is 13.2 Å². The molecule has 0 fully saturated rings. The van der Waals surface area contributed by atoms with Gasteiger partial charge in [0.2, 0.25) is 0 Å². The predicted octanol–water partition coefficient (Wildman–Crippen LogP) is 3.33. The lowest BCUT2D eigenvalue weighted by Crippen LogP contribution is -2.45. The largest absolute Gasteiger partial charge is 0.493 e. The number of methoxy groups -OCH3 is 2. The van der Waals surface area contributed by atoms with Crippen LogP contribution in [0.4, 0.5) is 0 Å². The van der Waals surface area contributed by atoms with Crippen molar-refractivity contribution in [2.45, 2.75) is 13.0 Å². The molecule has 0 bridgehead atoms. The molecular formula is C21H28IN3O3. The predicted molar refractivity (Wildman–Crippen MR) is 122 cm³/mol. The Kier molecular flexibility index (Phi) is 8.69. The molecule has 1 N–H and O–H groups in total. The van der Waals surface area contributed by atoms with Crippen molar-refractivity contribution in [1.29, 1.82) is 0 Å². The maximum absolute atomic E-state index is 5.73. The van der Waals surface area contributed by atoms with Crippen LogP contribution in [-0.2, 0) is 13.0 Å². The van der Waals surface area contributed by atoms with Gasteiger partial charge >= 0.3 is 0 Å². The molecule has 7 heteroatoms. The third kappa shape index (κ3) is 5.43. The van der Waals surface area contributed by atoms with Gasteiger partial charge in [-0.3, -0.25) is 4.99 Å². The Bertz CT molecular complexity index is 784. The van der Waals surface area contributed by atoms with Crippen LogP contribution in [0.2, 0.25) is 0 Å². The minimum Gasteiger partial charge on any atom is -0.493 e. The van der Waals surface area contributed by atoms with E-state index in [0.717, 1.165) is 42.7 Å². The van der Waals surface area contributed by atoms with Crippen LogP contribution in [0, 0.1) is 0 Å². The number of hydrogen-bond donors (Lipinski definition) is 1. The SMILES string of the molecule is CN=C(NCCOc1ccccc1)N1CCc2cc(OC)c(OC)cc2C1.I. The molecule has 0 saturated heterocycles. The lowest BCUT2D eigenvalue weighted by molar-refractivity contribution is 0.314. The van der Waals surface area contributed by atoms with Crippen LogP contribution in [0.15, 0.2) is 47.5 Å². The van der Waals surface area contributed by atoms with Crippen LogP contribution < -0.4 is 19.5 Å². The Balaban J connectivity index is 0.00000280. The Morgan fingerprint density at radius 1 is 1.07 bits per heavy atom. The van der Waals surface area contributed by atoms with Gasteiger partial charge in [-0.25, -0.2) is 0 Å². The van der Waals surface area contributed by atoms with E-state index in [1.165, 1.54) is 11.1 Å². The molecule has 1 heterocycles. The normalized spacial score (nSPS) is 13.2. The van der Waals surface area contributed by atoms with Gasteiger partial charge in [0.1, 0.15) is 12.4 Å². The van der Waals surface area contributed by atoms with Crippen molar-refractivity contribution in [3.63, 3.8) is 0 Å². The van der Waals surface area contributed by atoms with Crippen LogP contribution in [-0.4, -0.2) is 51.8 Å². The molecule has 152 valence electrons. The van der Waals surface area contributed by atoms with E-state index in [1.807, 2.05) is 37.4 Å². The first-order chi connectivity index (χ1) is 13.2. The van der Waals surface area contributed by atoms with Crippen molar-refractivity contribution in [3.8, 4) is 17.2 Å². The minimum absolute atomic E-state index is 0. The van der Waals surface area contributed by atoms with Crippen LogP contribution in [0.5, 0.6) is 17.2 Å². The summed E-state index contributed by atoms with van der Waals surface area (Å²) in [4.78, 5) is 6.67. The monoisotopic (exact) mass is 497 g/mol. The molecule has 3 rings (SSSR count). The van der Waals surface area contributed by atoms with Gasteiger partial charge < -0.3 is 24.4 Å². The highest BCUT2D eigenvalue weighted by Gasteiger charge is 2.21. The van der Waals surface area contributed by atoms with Gasteiger partial charge in [-0.2, -0.15) is 0 Å². The number of fused-ring (bicyclic) bond motifs is 1. The molecule has 0 unspecified atom stereocenters. The van der Waals surface area contributed by atoms with Crippen molar-refractivity contribution in [1.82, 2.24) is 10.2 Å². The van der Waals surface area contributed by atoms with Crippen molar-refractivity contribution in [3.05, 3.63) is 53.6 Å². The Morgan fingerprint density at radius 2 is 1.75 bits per heavy atom. The Morgan fingerprint density at radius 3 is 2.39 bits per heavy atom. The molecule has 1 aliphatic rings. The van der Waals surface area contributed by atoms with Gasteiger partial charge in [0, 0.05) is 20.1 Å². The summed E-state index contributed by atoms with van der Waals surface area (Å²) in [6, 6.07) is 14.0. The van der Waals surface area contributed by atoms with E-state index in [4.69, 9.17) is 14.2 Å². The van der Waals surface area contributed by atoms with E-state index in [9.17, 15) is 0 Å². The maximum Gasteiger partial charge on any atom is 0.194 e. The lowest BCUT2D eigenvalue weighted by Gasteiger charge is -2.32. The molecule has 1 aliphatic heterocycles. The van der Waals surface area contributed by atoms with E-state index in [1.54, 1.807) is 14.2 Å². The summed E-state index contributed by atoms with van der Waals surface area (Å²) in [6.45, 7) is 2.96. The van der Waals surface area contributed by atoms with Gasteiger partial charge in [0.25, 0.3) is 0 Å². The zero-order chi connectivity index (χ0) is 19.1. The number of ether oxygens (including phenoxy) is 3. The van der Waals surface area contributed by atoms with Crippen LogP contribution in [0.1, 0.15) is 11.1 Å². The average molecular weight is 497 g/mol. The van der Waals surface area contributed by atoms with E-state index < -0.39 is 0 Å².